The Balaban J connectivity index is 1.07. The molecule has 57 heavy (non-hydrogen) atoms. The van der Waals surface area contributed by atoms with Crippen molar-refractivity contribution >= 4 is 70.9 Å². The van der Waals surface area contributed by atoms with Gasteiger partial charge in [-0.05, 0) is 119 Å². The lowest BCUT2D eigenvalue weighted by Gasteiger charge is -2.27. The summed E-state index contributed by atoms with van der Waals surface area (Å²) in [6.45, 7) is 0. The average molecular weight is 722 g/mol. The summed E-state index contributed by atoms with van der Waals surface area (Å²) in [5.74, 6) is 0. The first-order chi connectivity index (χ1) is 28.3. The van der Waals surface area contributed by atoms with Gasteiger partial charge in [-0.3, -0.25) is 0 Å². The molecule has 264 valence electrons. The molecule has 0 fully saturated rings. The van der Waals surface area contributed by atoms with E-state index in [-0.39, 0.29) is 0 Å². The summed E-state index contributed by atoms with van der Waals surface area (Å²) < 4.78 is 0. The molecule has 0 atom stereocenters. The second-order valence-electron chi connectivity index (χ2n) is 14.7. The van der Waals surface area contributed by atoms with Gasteiger partial charge in [0.15, 0.2) is 0 Å². The van der Waals surface area contributed by atoms with Gasteiger partial charge >= 0.3 is 0 Å². The first kappa shape index (κ1) is 32.7. The molecule has 0 aromatic heterocycles. The zero-order chi connectivity index (χ0) is 37.7. The lowest BCUT2D eigenvalue weighted by molar-refractivity contribution is 1.30. The zero-order valence-electron chi connectivity index (χ0n) is 31.2. The van der Waals surface area contributed by atoms with E-state index in [0.717, 1.165) is 33.8 Å². The molecule has 11 aromatic carbocycles. The van der Waals surface area contributed by atoms with E-state index in [2.05, 4.69) is 229 Å². The van der Waals surface area contributed by atoms with Crippen molar-refractivity contribution in [3.8, 4) is 33.4 Å². The summed E-state index contributed by atoms with van der Waals surface area (Å²) >= 11 is 0. The van der Waals surface area contributed by atoms with Gasteiger partial charge in [-0.1, -0.05) is 182 Å². The highest BCUT2D eigenvalue weighted by molar-refractivity contribution is 6.13. The van der Waals surface area contributed by atoms with Crippen molar-refractivity contribution in [3.63, 3.8) is 0 Å². The minimum atomic E-state index is 0.921. The minimum absolute atomic E-state index is 0.921. The largest absolute Gasteiger partial charge is 0.303 e. The van der Waals surface area contributed by atoms with Gasteiger partial charge in [-0.25, -0.2) is 0 Å². The summed E-state index contributed by atoms with van der Waals surface area (Å²) in [6.07, 6.45) is 0. The smallest absolute Gasteiger partial charge is 0.0974 e. The number of benzene rings is 10. The maximum Gasteiger partial charge on any atom is 0.0974 e. The lowest BCUT2D eigenvalue weighted by Crippen LogP contribution is -2.10. The van der Waals surface area contributed by atoms with Crippen LogP contribution in [0.4, 0.5) is 17.1 Å². The van der Waals surface area contributed by atoms with Crippen LogP contribution in [0.5, 0.6) is 0 Å². The Bertz CT molecular complexity index is 3290. The molecule has 0 saturated heterocycles. The van der Waals surface area contributed by atoms with Crippen molar-refractivity contribution in [2.45, 2.75) is 0 Å². The Hall–Kier alpha value is -7.66. The molecule has 0 N–H and O–H groups in total. The van der Waals surface area contributed by atoms with Crippen molar-refractivity contribution in [2.75, 3.05) is 4.90 Å². The van der Waals surface area contributed by atoms with E-state index in [1.807, 2.05) is 0 Å². The molecular formula is C56H35N. The van der Waals surface area contributed by atoms with Gasteiger partial charge in [0.1, 0.15) is 0 Å². The van der Waals surface area contributed by atoms with Gasteiger partial charge in [0.2, 0.25) is 0 Å². The number of hydrogen-bond acceptors (Lipinski definition) is 1. The Morgan fingerprint density at radius 3 is 1.70 bits per heavy atom. The maximum atomic E-state index is 3.63. The van der Waals surface area contributed by atoms with E-state index >= 15 is 0 Å². The van der Waals surface area contributed by atoms with Crippen LogP contribution >= 0.6 is 0 Å². The third-order valence-corrected chi connectivity index (χ3v) is 11.5. The molecule has 0 amide bonds. The van der Waals surface area contributed by atoms with E-state index in [0.29, 0.717) is 0 Å². The zero-order valence-corrected chi connectivity index (χ0v) is 31.2. The monoisotopic (exact) mass is 721 g/mol. The van der Waals surface area contributed by atoms with Crippen molar-refractivity contribution in [3.05, 3.63) is 224 Å². The van der Waals surface area contributed by atoms with Crippen LogP contribution < -0.4 is 4.90 Å². The quantitative estimate of drug-likeness (QED) is 0.155. The van der Waals surface area contributed by atoms with Crippen LogP contribution in [0.3, 0.4) is 0 Å². The summed E-state index contributed by atoms with van der Waals surface area (Å²) in [7, 11) is 0. The first-order valence-electron chi connectivity index (χ1n) is 19.5. The standard InChI is InChI=1S/C56H35N/c1-2-12-39(13-3-1)50-34-35-56(55-21-9-8-20-53(50)55)57(45-30-26-38(27-31-45)42-29-32-51-44(36-42)25-24-40-14-4-6-18-47(40)51)46-17-10-16-43(37-46)49-22-11-23-52-48-19-7-5-15-41(48)28-33-54(49)52/h1-26,28-30,32-37H. The Labute approximate surface area is 332 Å². The van der Waals surface area contributed by atoms with Crippen molar-refractivity contribution in [1.29, 1.82) is 0 Å². The molecule has 1 heteroatoms. The number of rotatable bonds is 6. The van der Waals surface area contributed by atoms with Crippen molar-refractivity contribution in [1.82, 2.24) is 0 Å². The summed E-state index contributed by atoms with van der Waals surface area (Å²) in [4.78, 5) is 2.34. The fraction of sp³-hybridized carbons (Fsp3) is 0. The number of nitrogens with zero attached hydrogens (tertiary/aromatic N) is 1. The van der Waals surface area contributed by atoms with E-state index in [1.54, 1.807) is 0 Å². The molecule has 0 aliphatic carbocycles. The fourth-order valence-electron chi connectivity index (χ4n) is 8.72. The van der Waals surface area contributed by atoms with Gasteiger partial charge < -0.3 is 4.90 Å². The number of fused-ring (bicyclic) bond motifs is 7. The predicted molar refractivity (Wildman–Crippen MR) is 243 cm³/mol. The molecule has 11 aromatic rings. The topological polar surface area (TPSA) is 3.24 Å². The highest BCUT2D eigenvalue weighted by Crippen LogP contribution is 2.43. The van der Waals surface area contributed by atoms with E-state index in [1.165, 1.54) is 70.6 Å². The summed E-state index contributed by atoms with van der Waals surface area (Å²) in [5, 5.41) is 12.4. The summed E-state index contributed by atoms with van der Waals surface area (Å²) in [5.41, 5.74) is 9.96. The molecule has 0 heterocycles. The molecule has 0 aliphatic rings. The van der Waals surface area contributed by atoms with Gasteiger partial charge in [0.05, 0.1) is 11.4 Å². The summed E-state index contributed by atoms with van der Waals surface area (Å²) in [6, 6.07) is 84.0. The molecule has 1 nitrogen and oxygen atoms in total. The predicted octanol–water partition coefficient (Wildman–Crippen LogP) is 15.5. The second-order valence-corrected chi connectivity index (χ2v) is 14.7. The lowest BCUT2D eigenvalue weighted by atomic mass is 9.94. The second kappa shape index (κ2) is 13.6. The van der Waals surface area contributed by atoms with Crippen molar-refractivity contribution in [2.24, 2.45) is 0 Å². The molecular weight excluding hydrogens is 687 g/mol. The van der Waals surface area contributed by atoms with Crippen LogP contribution in [-0.4, -0.2) is 0 Å². The van der Waals surface area contributed by atoms with Crippen LogP contribution in [0.1, 0.15) is 0 Å². The van der Waals surface area contributed by atoms with E-state index in [9.17, 15) is 0 Å². The van der Waals surface area contributed by atoms with Crippen LogP contribution in [0.2, 0.25) is 0 Å². The van der Waals surface area contributed by atoms with Gasteiger partial charge in [0.25, 0.3) is 0 Å². The van der Waals surface area contributed by atoms with E-state index in [4.69, 9.17) is 0 Å². The van der Waals surface area contributed by atoms with Crippen LogP contribution in [0, 0.1) is 12.1 Å². The molecule has 0 bridgehead atoms. The van der Waals surface area contributed by atoms with Crippen molar-refractivity contribution < 1.29 is 0 Å². The van der Waals surface area contributed by atoms with E-state index < -0.39 is 0 Å². The highest BCUT2D eigenvalue weighted by Gasteiger charge is 2.19. The third kappa shape index (κ3) is 5.67. The molecule has 11 rings (SSSR count). The molecule has 0 spiro atoms. The fourth-order valence-corrected chi connectivity index (χ4v) is 8.72. The minimum Gasteiger partial charge on any atom is -0.303 e. The van der Waals surface area contributed by atoms with Gasteiger partial charge in [-0.15, -0.1) is 0 Å². The first-order valence-corrected chi connectivity index (χ1v) is 19.5. The number of anilines is 3. The van der Waals surface area contributed by atoms with Gasteiger partial charge in [0, 0.05) is 16.6 Å². The maximum absolute atomic E-state index is 3.63. The molecule has 0 unspecified atom stereocenters. The van der Waals surface area contributed by atoms with Crippen LogP contribution in [0.25, 0.3) is 87.2 Å². The third-order valence-electron chi connectivity index (χ3n) is 11.5. The molecule has 0 saturated carbocycles. The SMILES string of the molecule is c1c(-c2ccc3c(ccc4ccccc43)c2)ccc(N(c2cccc(-c3cccc4c3ccc3ccccc34)c2)c2ccc(-c3ccccc3)c3ccccc23)c#1. The number of hydrogen-bond donors (Lipinski definition) is 0. The van der Waals surface area contributed by atoms with Crippen LogP contribution in [0.15, 0.2) is 212 Å². The average Bonchev–Trinajstić information content (AvgIpc) is 3.29. The molecule has 0 radical (unpaired) electrons. The Kier molecular flexibility index (Phi) is 7.80. The Morgan fingerprint density at radius 1 is 0.298 bits per heavy atom. The normalized spacial score (nSPS) is 11.4. The van der Waals surface area contributed by atoms with Gasteiger partial charge in [-0.2, -0.15) is 0 Å². The van der Waals surface area contributed by atoms with Crippen LogP contribution in [-0.2, 0) is 0 Å². The Morgan fingerprint density at radius 2 is 0.895 bits per heavy atom. The highest BCUT2D eigenvalue weighted by atomic mass is 15.1. The molecule has 0 aliphatic heterocycles.